The van der Waals surface area contributed by atoms with E-state index in [0.29, 0.717) is 6.42 Å². The second-order valence-corrected chi connectivity index (χ2v) is 12.0. The van der Waals surface area contributed by atoms with Gasteiger partial charge in [0.15, 0.2) is 0 Å². The van der Waals surface area contributed by atoms with Crippen molar-refractivity contribution in [1.82, 2.24) is 0 Å². The van der Waals surface area contributed by atoms with Crippen molar-refractivity contribution in [2.75, 3.05) is 0 Å². The smallest absolute Gasteiger partial charge is 0.271 e. The number of hydrogen-bond donors (Lipinski definition) is 1. The predicted molar refractivity (Wildman–Crippen MR) is 60.5 cm³/mol. The standard InChI is InChI=1S/C9H16O3SSi/c1-14(2,3)9(13(10,11)12)7-5-4-6-8-9/h4-7H,8H2,1-3H3,(H,10,11,12)/t9-/m0/s1. The van der Waals surface area contributed by atoms with Gasteiger partial charge in [0.2, 0.25) is 0 Å². The SMILES string of the molecule is C[Si](C)(C)[C@@]1(S(=O)(=O)O)C=CC=CC1. The van der Waals surface area contributed by atoms with E-state index in [4.69, 9.17) is 0 Å². The summed E-state index contributed by atoms with van der Waals surface area (Å²) in [5.74, 6) is 0. The van der Waals surface area contributed by atoms with Crippen LogP contribution in [0.5, 0.6) is 0 Å². The highest BCUT2D eigenvalue weighted by molar-refractivity contribution is 7.89. The molecule has 0 aromatic rings. The Morgan fingerprint density at radius 1 is 1.29 bits per heavy atom. The second kappa shape index (κ2) is 3.32. The Bertz CT molecular complexity index is 375. The van der Waals surface area contributed by atoms with Gasteiger partial charge >= 0.3 is 0 Å². The molecule has 0 unspecified atom stereocenters. The zero-order valence-corrected chi connectivity index (χ0v) is 10.5. The van der Waals surface area contributed by atoms with E-state index in [-0.39, 0.29) is 0 Å². The van der Waals surface area contributed by atoms with Crippen LogP contribution >= 0.6 is 0 Å². The van der Waals surface area contributed by atoms with Crippen LogP contribution in [0.3, 0.4) is 0 Å². The average molecular weight is 232 g/mol. The van der Waals surface area contributed by atoms with Crippen molar-refractivity contribution in [3.05, 3.63) is 24.3 Å². The Morgan fingerprint density at radius 3 is 2.07 bits per heavy atom. The molecule has 1 aliphatic carbocycles. The van der Waals surface area contributed by atoms with Gasteiger partial charge in [-0.1, -0.05) is 43.9 Å². The summed E-state index contributed by atoms with van der Waals surface area (Å²) >= 11 is 0. The van der Waals surface area contributed by atoms with Gasteiger partial charge < -0.3 is 0 Å². The van der Waals surface area contributed by atoms with Crippen molar-refractivity contribution >= 4 is 18.2 Å². The molecule has 0 fully saturated rings. The van der Waals surface area contributed by atoms with E-state index in [2.05, 4.69) is 0 Å². The minimum atomic E-state index is -4.02. The fraction of sp³-hybridized carbons (Fsp3) is 0.556. The zero-order valence-electron chi connectivity index (χ0n) is 8.69. The summed E-state index contributed by atoms with van der Waals surface area (Å²) in [6.45, 7) is 5.85. The molecule has 0 spiro atoms. The number of allylic oxidation sites excluding steroid dienone is 3. The Labute approximate surface area is 86.3 Å². The van der Waals surface area contributed by atoms with Crippen LogP contribution < -0.4 is 0 Å². The molecule has 0 saturated carbocycles. The van der Waals surface area contributed by atoms with E-state index < -0.39 is 22.6 Å². The molecule has 0 amide bonds. The molecule has 0 saturated heterocycles. The lowest BCUT2D eigenvalue weighted by molar-refractivity contribution is 0.466. The van der Waals surface area contributed by atoms with Crippen LogP contribution in [-0.4, -0.2) is 25.4 Å². The van der Waals surface area contributed by atoms with Gasteiger partial charge in [0.1, 0.15) is 4.37 Å². The van der Waals surface area contributed by atoms with Gasteiger partial charge in [-0.3, -0.25) is 4.55 Å². The molecule has 0 aliphatic heterocycles. The minimum Gasteiger partial charge on any atom is -0.285 e. The van der Waals surface area contributed by atoms with Crippen LogP contribution in [0.2, 0.25) is 19.6 Å². The molecule has 0 aromatic heterocycles. The van der Waals surface area contributed by atoms with E-state index in [1.807, 2.05) is 25.7 Å². The minimum absolute atomic E-state index is 0.387. The largest absolute Gasteiger partial charge is 0.285 e. The first kappa shape index (κ1) is 11.7. The maximum absolute atomic E-state index is 11.5. The maximum Gasteiger partial charge on any atom is 0.271 e. The molecule has 0 radical (unpaired) electrons. The highest BCUT2D eigenvalue weighted by Crippen LogP contribution is 2.35. The van der Waals surface area contributed by atoms with Crippen LogP contribution in [0, 0.1) is 0 Å². The lowest BCUT2D eigenvalue weighted by atomic mass is 10.2. The molecular formula is C9H16O3SSi. The van der Waals surface area contributed by atoms with E-state index in [9.17, 15) is 13.0 Å². The summed E-state index contributed by atoms with van der Waals surface area (Å²) in [6.07, 6.45) is 7.33. The normalized spacial score (nSPS) is 28.0. The van der Waals surface area contributed by atoms with Crippen molar-refractivity contribution in [2.24, 2.45) is 0 Å². The Morgan fingerprint density at radius 2 is 1.86 bits per heavy atom. The molecule has 1 rings (SSSR count). The fourth-order valence-corrected chi connectivity index (χ4v) is 6.71. The van der Waals surface area contributed by atoms with Crippen LogP contribution in [0.1, 0.15) is 6.42 Å². The quantitative estimate of drug-likeness (QED) is 0.585. The Hall–Kier alpha value is -0.393. The van der Waals surface area contributed by atoms with E-state index in [1.165, 1.54) is 0 Å². The summed E-state index contributed by atoms with van der Waals surface area (Å²) in [5, 5.41) is 0. The molecule has 80 valence electrons. The first-order valence-electron chi connectivity index (χ1n) is 4.52. The Balaban J connectivity index is 3.32. The first-order valence-corrected chi connectivity index (χ1v) is 9.46. The van der Waals surface area contributed by atoms with Gasteiger partial charge in [0.25, 0.3) is 10.1 Å². The molecule has 0 heterocycles. The van der Waals surface area contributed by atoms with Crippen LogP contribution in [-0.2, 0) is 10.1 Å². The second-order valence-electron chi connectivity index (χ2n) is 4.61. The summed E-state index contributed by atoms with van der Waals surface area (Å²) in [5.41, 5.74) is 0. The van der Waals surface area contributed by atoms with Gasteiger partial charge in [-0.15, -0.1) is 0 Å². The monoisotopic (exact) mass is 232 g/mol. The first-order chi connectivity index (χ1) is 6.21. The van der Waals surface area contributed by atoms with E-state index in [1.54, 1.807) is 18.2 Å². The summed E-state index contributed by atoms with van der Waals surface area (Å²) in [7, 11) is -6.04. The molecule has 1 atom stereocenters. The molecule has 0 bridgehead atoms. The van der Waals surface area contributed by atoms with Crippen LogP contribution in [0.25, 0.3) is 0 Å². The van der Waals surface area contributed by atoms with Crippen molar-refractivity contribution in [3.63, 3.8) is 0 Å². The van der Waals surface area contributed by atoms with Crippen molar-refractivity contribution in [3.8, 4) is 0 Å². The lowest BCUT2D eigenvalue weighted by Gasteiger charge is -2.38. The molecule has 1 aliphatic rings. The van der Waals surface area contributed by atoms with Crippen molar-refractivity contribution in [2.45, 2.75) is 30.4 Å². The third kappa shape index (κ3) is 1.71. The topological polar surface area (TPSA) is 54.4 Å². The third-order valence-corrected chi connectivity index (χ3v) is 9.51. The Kier molecular flexibility index (Phi) is 2.77. The highest BCUT2D eigenvalue weighted by Gasteiger charge is 2.51. The third-order valence-electron chi connectivity index (χ3n) is 2.76. The van der Waals surface area contributed by atoms with Gasteiger partial charge in [0, 0.05) is 0 Å². The molecule has 14 heavy (non-hydrogen) atoms. The maximum atomic E-state index is 11.5. The molecule has 3 nitrogen and oxygen atoms in total. The molecule has 0 aromatic carbocycles. The van der Waals surface area contributed by atoms with Crippen LogP contribution in [0.15, 0.2) is 24.3 Å². The van der Waals surface area contributed by atoms with Crippen molar-refractivity contribution < 1.29 is 13.0 Å². The predicted octanol–water partition coefficient (Wildman–Crippen LogP) is 2.01. The van der Waals surface area contributed by atoms with E-state index in [0.717, 1.165) is 0 Å². The molecule has 1 N–H and O–H groups in total. The number of rotatable bonds is 2. The average Bonchev–Trinajstić information content (AvgIpc) is 2.02. The lowest BCUT2D eigenvalue weighted by Crippen LogP contribution is -2.56. The number of hydrogen-bond acceptors (Lipinski definition) is 2. The summed E-state index contributed by atoms with van der Waals surface area (Å²) in [4.78, 5) is 0. The molecular weight excluding hydrogens is 216 g/mol. The van der Waals surface area contributed by atoms with E-state index >= 15 is 0 Å². The van der Waals surface area contributed by atoms with Gasteiger partial charge in [-0.25, -0.2) is 0 Å². The molecule has 5 heteroatoms. The fourth-order valence-electron chi connectivity index (χ4n) is 1.74. The van der Waals surface area contributed by atoms with Crippen LogP contribution in [0.4, 0.5) is 0 Å². The van der Waals surface area contributed by atoms with Crippen molar-refractivity contribution in [1.29, 1.82) is 0 Å². The van der Waals surface area contributed by atoms with Gasteiger partial charge in [-0.05, 0) is 6.42 Å². The summed E-state index contributed by atoms with van der Waals surface area (Å²) < 4.78 is 31.2. The highest BCUT2D eigenvalue weighted by atomic mass is 32.2. The summed E-state index contributed by atoms with van der Waals surface area (Å²) in [6, 6.07) is 0. The van der Waals surface area contributed by atoms with Gasteiger partial charge in [0.05, 0.1) is 8.07 Å². The zero-order chi connectivity index (χ0) is 11.0. The van der Waals surface area contributed by atoms with Gasteiger partial charge in [-0.2, -0.15) is 8.42 Å².